The maximum absolute atomic E-state index is 6.05. The van der Waals surface area contributed by atoms with Crippen molar-refractivity contribution in [3.8, 4) is 11.3 Å². The zero-order valence-electron chi connectivity index (χ0n) is 13.2. The van der Waals surface area contributed by atoms with Crippen LogP contribution in [-0.2, 0) is 12.8 Å². The molecule has 0 amide bonds. The minimum Gasteiger partial charge on any atom is -0.383 e. The molecular weight excluding hydrogens is 274 g/mol. The monoisotopic (exact) mass is 299 g/mol. The van der Waals surface area contributed by atoms with Crippen LogP contribution in [0.4, 0.5) is 11.8 Å². The highest BCUT2D eigenvalue weighted by molar-refractivity contribution is 5.69. The highest BCUT2D eigenvalue weighted by Crippen LogP contribution is 2.28. The fourth-order valence-corrected chi connectivity index (χ4v) is 2.54. The Morgan fingerprint density at radius 1 is 1.05 bits per heavy atom. The van der Waals surface area contributed by atoms with Gasteiger partial charge in [-0.25, -0.2) is 4.98 Å². The SMILES string of the molecule is CCCCc1cccc(-c2nc(N)nc(N)c2CCCN)c1. The number of nitrogens with two attached hydrogens (primary N) is 3. The lowest BCUT2D eigenvalue weighted by molar-refractivity contribution is 0.795. The minimum absolute atomic E-state index is 0.211. The summed E-state index contributed by atoms with van der Waals surface area (Å²) in [6.07, 6.45) is 5.03. The maximum Gasteiger partial charge on any atom is 0.222 e. The number of hydrogen-bond donors (Lipinski definition) is 3. The van der Waals surface area contributed by atoms with E-state index in [1.165, 1.54) is 18.4 Å². The predicted octanol–water partition coefficient (Wildman–Crippen LogP) is 2.54. The number of anilines is 2. The average Bonchev–Trinajstić information content (AvgIpc) is 2.52. The lowest BCUT2D eigenvalue weighted by Gasteiger charge is -2.12. The Morgan fingerprint density at radius 2 is 1.86 bits per heavy atom. The smallest absolute Gasteiger partial charge is 0.222 e. The van der Waals surface area contributed by atoms with E-state index >= 15 is 0 Å². The largest absolute Gasteiger partial charge is 0.383 e. The molecule has 22 heavy (non-hydrogen) atoms. The number of rotatable bonds is 7. The Kier molecular flexibility index (Phi) is 5.72. The van der Waals surface area contributed by atoms with Crippen LogP contribution in [0.2, 0.25) is 0 Å². The Balaban J connectivity index is 2.42. The Morgan fingerprint density at radius 3 is 2.59 bits per heavy atom. The summed E-state index contributed by atoms with van der Waals surface area (Å²) in [5.41, 5.74) is 21.6. The molecule has 2 rings (SSSR count). The molecule has 0 aliphatic carbocycles. The summed E-state index contributed by atoms with van der Waals surface area (Å²) in [5.74, 6) is 0.665. The van der Waals surface area contributed by atoms with Gasteiger partial charge in [0.25, 0.3) is 0 Å². The van der Waals surface area contributed by atoms with Gasteiger partial charge in [-0.1, -0.05) is 31.5 Å². The van der Waals surface area contributed by atoms with Crippen molar-refractivity contribution in [3.05, 3.63) is 35.4 Å². The molecule has 118 valence electrons. The number of benzene rings is 1. The third-order valence-electron chi connectivity index (χ3n) is 3.71. The van der Waals surface area contributed by atoms with Crippen LogP contribution in [0.1, 0.15) is 37.3 Å². The summed E-state index contributed by atoms with van der Waals surface area (Å²) in [6, 6.07) is 8.42. The molecular formula is C17H25N5. The summed E-state index contributed by atoms with van der Waals surface area (Å²) in [6.45, 7) is 2.81. The predicted molar refractivity (Wildman–Crippen MR) is 92.3 cm³/mol. The maximum atomic E-state index is 6.05. The molecule has 0 fully saturated rings. The highest BCUT2D eigenvalue weighted by atomic mass is 15.0. The number of aryl methyl sites for hydroxylation is 1. The van der Waals surface area contributed by atoms with Crippen LogP contribution >= 0.6 is 0 Å². The van der Waals surface area contributed by atoms with Gasteiger partial charge in [-0.2, -0.15) is 4.98 Å². The van der Waals surface area contributed by atoms with Crippen molar-refractivity contribution >= 4 is 11.8 Å². The molecule has 1 aromatic carbocycles. The molecule has 0 saturated heterocycles. The van der Waals surface area contributed by atoms with Crippen molar-refractivity contribution in [2.75, 3.05) is 18.0 Å². The summed E-state index contributed by atoms with van der Waals surface area (Å²) in [4.78, 5) is 8.51. The lowest BCUT2D eigenvalue weighted by Crippen LogP contribution is -2.09. The van der Waals surface area contributed by atoms with E-state index < -0.39 is 0 Å². The Bertz CT molecular complexity index is 624. The zero-order valence-corrected chi connectivity index (χ0v) is 13.2. The van der Waals surface area contributed by atoms with Gasteiger partial charge in [-0.3, -0.25) is 0 Å². The van der Waals surface area contributed by atoms with Crippen molar-refractivity contribution in [3.63, 3.8) is 0 Å². The van der Waals surface area contributed by atoms with E-state index in [9.17, 15) is 0 Å². The lowest BCUT2D eigenvalue weighted by atomic mass is 9.99. The van der Waals surface area contributed by atoms with Crippen LogP contribution in [0.15, 0.2) is 24.3 Å². The van der Waals surface area contributed by atoms with Gasteiger partial charge in [0, 0.05) is 11.1 Å². The van der Waals surface area contributed by atoms with Gasteiger partial charge in [-0.15, -0.1) is 0 Å². The number of aromatic nitrogens is 2. The Hall–Kier alpha value is -2.14. The van der Waals surface area contributed by atoms with E-state index in [0.717, 1.165) is 36.1 Å². The van der Waals surface area contributed by atoms with Crippen molar-refractivity contribution in [2.45, 2.75) is 39.0 Å². The highest BCUT2D eigenvalue weighted by Gasteiger charge is 2.13. The van der Waals surface area contributed by atoms with E-state index in [2.05, 4.69) is 35.1 Å². The van der Waals surface area contributed by atoms with Crippen molar-refractivity contribution in [2.24, 2.45) is 5.73 Å². The fourth-order valence-electron chi connectivity index (χ4n) is 2.54. The summed E-state index contributed by atoms with van der Waals surface area (Å²) in [5, 5.41) is 0. The first-order chi connectivity index (χ1) is 10.7. The summed E-state index contributed by atoms with van der Waals surface area (Å²) >= 11 is 0. The first-order valence-electron chi connectivity index (χ1n) is 7.87. The number of nitrogens with zero attached hydrogens (tertiary/aromatic N) is 2. The van der Waals surface area contributed by atoms with Crippen LogP contribution in [0.5, 0.6) is 0 Å². The molecule has 1 heterocycles. The van der Waals surface area contributed by atoms with E-state index in [1.807, 2.05) is 6.07 Å². The van der Waals surface area contributed by atoms with Crippen LogP contribution < -0.4 is 17.2 Å². The molecule has 0 aliphatic heterocycles. The third-order valence-corrected chi connectivity index (χ3v) is 3.71. The third kappa shape index (κ3) is 3.95. The van der Waals surface area contributed by atoms with Crippen molar-refractivity contribution in [1.29, 1.82) is 0 Å². The van der Waals surface area contributed by atoms with Crippen LogP contribution in [0, 0.1) is 0 Å². The molecule has 1 aromatic heterocycles. The molecule has 5 heteroatoms. The molecule has 0 unspecified atom stereocenters. The standard InChI is InChI=1S/C17H25N5/c1-2-3-6-12-7-4-8-13(11-12)15-14(9-5-10-18)16(19)22-17(20)21-15/h4,7-8,11H,2-3,5-6,9-10,18H2,1H3,(H4,19,20,21,22). The number of unbranched alkanes of at least 4 members (excludes halogenated alkanes) is 1. The molecule has 0 saturated carbocycles. The van der Waals surface area contributed by atoms with Crippen molar-refractivity contribution < 1.29 is 0 Å². The quantitative estimate of drug-likeness (QED) is 0.729. The average molecular weight is 299 g/mol. The molecule has 0 bridgehead atoms. The number of hydrogen-bond acceptors (Lipinski definition) is 5. The first kappa shape index (κ1) is 16.2. The second kappa shape index (κ2) is 7.75. The zero-order chi connectivity index (χ0) is 15.9. The van der Waals surface area contributed by atoms with Gasteiger partial charge >= 0.3 is 0 Å². The van der Waals surface area contributed by atoms with Gasteiger partial charge in [0.05, 0.1) is 5.69 Å². The van der Waals surface area contributed by atoms with Gasteiger partial charge in [0.15, 0.2) is 0 Å². The molecule has 0 aliphatic rings. The molecule has 0 radical (unpaired) electrons. The van der Waals surface area contributed by atoms with E-state index in [1.54, 1.807) is 0 Å². The molecule has 0 atom stereocenters. The molecule has 2 aromatic rings. The molecule has 6 N–H and O–H groups in total. The van der Waals surface area contributed by atoms with Crippen LogP contribution in [0.3, 0.4) is 0 Å². The van der Waals surface area contributed by atoms with Gasteiger partial charge < -0.3 is 17.2 Å². The summed E-state index contributed by atoms with van der Waals surface area (Å²) < 4.78 is 0. The van der Waals surface area contributed by atoms with E-state index in [-0.39, 0.29) is 5.95 Å². The first-order valence-corrected chi connectivity index (χ1v) is 7.87. The minimum atomic E-state index is 0.211. The van der Waals surface area contributed by atoms with Gasteiger partial charge in [-0.05, 0) is 43.9 Å². The normalized spacial score (nSPS) is 10.8. The van der Waals surface area contributed by atoms with Gasteiger partial charge in [0.1, 0.15) is 5.82 Å². The molecule has 5 nitrogen and oxygen atoms in total. The van der Waals surface area contributed by atoms with E-state index in [4.69, 9.17) is 17.2 Å². The van der Waals surface area contributed by atoms with E-state index in [0.29, 0.717) is 12.4 Å². The van der Waals surface area contributed by atoms with Crippen LogP contribution in [-0.4, -0.2) is 16.5 Å². The fraction of sp³-hybridized carbons (Fsp3) is 0.412. The second-order valence-corrected chi connectivity index (χ2v) is 5.49. The molecule has 0 spiro atoms. The topological polar surface area (TPSA) is 104 Å². The van der Waals surface area contributed by atoms with Crippen LogP contribution in [0.25, 0.3) is 11.3 Å². The number of nitrogen functional groups attached to an aromatic ring is 2. The van der Waals surface area contributed by atoms with Crippen molar-refractivity contribution in [1.82, 2.24) is 9.97 Å². The Labute approximate surface area is 132 Å². The van der Waals surface area contributed by atoms with Gasteiger partial charge in [0.2, 0.25) is 5.95 Å². The second-order valence-electron chi connectivity index (χ2n) is 5.49. The summed E-state index contributed by atoms with van der Waals surface area (Å²) in [7, 11) is 0.